The summed E-state index contributed by atoms with van der Waals surface area (Å²) in [7, 11) is 1.53. The first-order valence-corrected chi connectivity index (χ1v) is 8.41. The monoisotopic (exact) mass is 363 g/mol. The van der Waals surface area contributed by atoms with Gasteiger partial charge >= 0.3 is 6.09 Å². The van der Waals surface area contributed by atoms with Gasteiger partial charge in [-0.05, 0) is 20.8 Å². The Kier molecular flexibility index (Phi) is 6.01. The molecule has 2 heterocycles. The molecule has 0 fully saturated rings. The molecule has 0 bridgehead atoms. The summed E-state index contributed by atoms with van der Waals surface area (Å²) in [6.45, 7) is 6.39. The number of hydrogen-bond donors (Lipinski definition) is 3. The Labute approximate surface area is 152 Å². The number of nitrogens with one attached hydrogen (secondary N) is 3. The molecule has 0 unspecified atom stereocenters. The SMILES string of the molecule is CNC(=O)/C=C/CNC(=O)c1n[nH]c2c1CN(C(=O)OC(C)(C)C)CC2. The number of amides is 3. The van der Waals surface area contributed by atoms with Crippen molar-refractivity contribution in [2.24, 2.45) is 0 Å². The van der Waals surface area contributed by atoms with E-state index in [1.807, 2.05) is 20.8 Å². The summed E-state index contributed by atoms with van der Waals surface area (Å²) in [5.74, 6) is -0.612. The lowest BCUT2D eigenvalue weighted by atomic mass is 10.1. The molecule has 1 aliphatic heterocycles. The lowest BCUT2D eigenvalue weighted by molar-refractivity contribution is -0.116. The Morgan fingerprint density at radius 2 is 2.08 bits per heavy atom. The summed E-state index contributed by atoms with van der Waals surface area (Å²) in [4.78, 5) is 37.2. The van der Waals surface area contributed by atoms with Crippen molar-refractivity contribution in [1.82, 2.24) is 25.7 Å². The van der Waals surface area contributed by atoms with Gasteiger partial charge in [0.15, 0.2) is 5.69 Å². The van der Waals surface area contributed by atoms with Gasteiger partial charge in [-0.25, -0.2) is 4.79 Å². The van der Waals surface area contributed by atoms with E-state index < -0.39 is 11.7 Å². The van der Waals surface area contributed by atoms with Crippen molar-refractivity contribution in [2.45, 2.75) is 39.3 Å². The van der Waals surface area contributed by atoms with Crippen LogP contribution in [0, 0.1) is 0 Å². The first kappa shape index (κ1) is 19.5. The number of hydrogen-bond acceptors (Lipinski definition) is 5. The smallest absolute Gasteiger partial charge is 0.410 e. The van der Waals surface area contributed by atoms with E-state index in [0.29, 0.717) is 18.5 Å². The van der Waals surface area contributed by atoms with Crippen LogP contribution in [-0.2, 0) is 22.5 Å². The highest BCUT2D eigenvalue weighted by atomic mass is 16.6. The first-order valence-electron chi connectivity index (χ1n) is 8.41. The standard InChI is InChI=1S/C17H25N5O4/c1-17(2,3)26-16(25)22-9-7-12-11(10-22)14(21-20-12)15(24)19-8-5-6-13(23)18-4/h5-6H,7-10H2,1-4H3,(H,18,23)(H,19,24)(H,20,21)/b6-5+. The molecule has 1 aromatic rings. The average molecular weight is 363 g/mol. The van der Waals surface area contributed by atoms with Crippen LogP contribution in [-0.4, -0.2) is 58.7 Å². The quantitative estimate of drug-likeness (QED) is 0.682. The molecule has 0 aliphatic carbocycles. The second-order valence-corrected chi connectivity index (χ2v) is 6.91. The Morgan fingerprint density at radius 3 is 2.73 bits per heavy atom. The van der Waals surface area contributed by atoms with Gasteiger partial charge < -0.3 is 20.3 Å². The van der Waals surface area contributed by atoms with Gasteiger partial charge in [0.1, 0.15) is 5.60 Å². The molecule has 0 radical (unpaired) electrons. The molecular weight excluding hydrogens is 338 g/mol. The molecule has 26 heavy (non-hydrogen) atoms. The Morgan fingerprint density at radius 1 is 1.35 bits per heavy atom. The van der Waals surface area contributed by atoms with Gasteiger partial charge in [-0.15, -0.1) is 0 Å². The van der Waals surface area contributed by atoms with Crippen molar-refractivity contribution in [3.05, 3.63) is 29.1 Å². The van der Waals surface area contributed by atoms with E-state index in [2.05, 4.69) is 20.8 Å². The average Bonchev–Trinajstić information content (AvgIpc) is 2.99. The van der Waals surface area contributed by atoms with E-state index >= 15 is 0 Å². The van der Waals surface area contributed by atoms with Crippen molar-refractivity contribution in [2.75, 3.05) is 20.1 Å². The predicted octanol–water partition coefficient (Wildman–Crippen LogP) is 0.735. The second kappa shape index (κ2) is 8.03. The van der Waals surface area contributed by atoms with Crippen LogP contribution in [0.4, 0.5) is 4.79 Å². The zero-order valence-electron chi connectivity index (χ0n) is 15.5. The maximum atomic E-state index is 12.3. The zero-order valence-corrected chi connectivity index (χ0v) is 15.5. The fourth-order valence-electron chi connectivity index (χ4n) is 2.45. The molecule has 3 N–H and O–H groups in total. The zero-order chi connectivity index (χ0) is 19.3. The Bertz CT molecular complexity index is 717. The highest BCUT2D eigenvalue weighted by molar-refractivity contribution is 5.94. The van der Waals surface area contributed by atoms with E-state index in [1.54, 1.807) is 11.0 Å². The van der Waals surface area contributed by atoms with Crippen LogP contribution in [0.15, 0.2) is 12.2 Å². The van der Waals surface area contributed by atoms with Crippen LogP contribution in [0.1, 0.15) is 42.5 Å². The molecule has 9 heteroatoms. The fraction of sp³-hybridized carbons (Fsp3) is 0.529. The molecule has 0 saturated heterocycles. The minimum Gasteiger partial charge on any atom is -0.444 e. The normalized spacial score (nSPS) is 14.1. The number of aromatic nitrogens is 2. The molecule has 0 saturated carbocycles. The summed E-state index contributed by atoms with van der Waals surface area (Å²) in [5.41, 5.74) is 1.21. The van der Waals surface area contributed by atoms with Crippen LogP contribution in [0.25, 0.3) is 0 Å². The van der Waals surface area contributed by atoms with E-state index in [0.717, 1.165) is 5.69 Å². The molecule has 0 atom stereocenters. The van der Waals surface area contributed by atoms with Crippen LogP contribution in [0.5, 0.6) is 0 Å². The van der Waals surface area contributed by atoms with Gasteiger partial charge in [-0.1, -0.05) is 6.08 Å². The van der Waals surface area contributed by atoms with E-state index in [-0.39, 0.29) is 30.6 Å². The third-order valence-corrected chi connectivity index (χ3v) is 3.70. The Balaban J connectivity index is 2.01. The Hall–Kier alpha value is -2.84. The number of fused-ring (bicyclic) bond motifs is 1. The van der Waals surface area contributed by atoms with Gasteiger partial charge in [-0.2, -0.15) is 5.10 Å². The molecule has 3 amide bonds. The molecule has 0 aromatic carbocycles. The summed E-state index contributed by atoms with van der Waals surface area (Å²) >= 11 is 0. The van der Waals surface area contributed by atoms with Gasteiger partial charge in [0, 0.05) is 43.9 Å². The van der Waals surface area contributed by atoms with Gasteiger partial charge in [0.05, 0.1) is 6.54 Å². The number of likely N-dealkylation sites (N-methyl/N-ethyl adjacent to an activating group) is 1. The molecule has 142 valence electrons. The molecule has 2 rings (SSSR count). The number of carbonyl (C=O) groups excluding carboxylic acids is 3. The topological polar surface area (TPSA) is 116 Å². The third kappa shape index (κ3) is 5.08. The summed E-state index contributed by atoms with van der Waals surface area (Å²) in [6, 6.07) is 0. The number of aromatic amines is 1. The van der Waals surface area contributed by atoms with Gasteiger partial charge in [0.25, 0.3) is 5.91 Å². The van der Waals surface area contributed by atoms with Crippen molar-refractivity contribution < 1.29 is 19.1 Å². The molecule has 1 aliphatic rings. The number of rotatable bonds is 4. The van der Waals surface area contributed by atoms with E-state index in [9.17, 15) is 14.4 Å². The van der Waals surface area contributed by atoms with Crippen LogP contribution < -0.4 is 10.6 Å². The highest BCUT2D eigenvalue weighted by Crippen LogP contribution is 2.22. The second-order valence-electron chi connectivity index (χ2n) is 6.91. The lowest BCUT2D eigenvalue weighted by Gasteiger charge is -2.30. The molecule has 1 aromatic heterocycles. The van der Waals surface area contributed by atoms with Crippen LogP contribution >= 0.6 is 0 Å². The van der Waals surface area contributed by atoms with Crippen molar-refractivity contribution in [1.29, 1.82) is 0 Å². The third-order valence-electron chi connectivity index (χ3n) is 3.70. The minimum atomic E-state index is -0.578. The molecular formula is C17H25N5O4. The maximum Gasteiger partial charge on any atom is 0.410 e. The lowest BCUT2D eigenvalue weighted by Crippen LogP contribution is -2.40. The number of carbonyl (C=O) groups is 3. The summed E-state index contributed by atoms with van der Waals surface area (Å²) in [6.07, 6.45) is 3.04. The largest absolute Gasteiger partial charge is 0.444 e. The molecule has 9 nitrogen and oxygen atoms in total. The predicted molar refractivity (Wildman–Crippen MR) is 94.5 cm³/mol. The van der Waals surface area contributed by atoms with E-state index in [1.165, 1.54) is 13.1 Å². The van der Waals surface area contributed by atoms with E-state index in [4.69, 9.17) is 4.74 Å². The number of ether oxygens (including phenoxy) is 1. The summed E-state index contributed by atoms with van der Waals surface area (Å²) in [5, 5.41) is 12.1. The minimum absolute atomic E-state index is 0.198. The summed E-state index contributed by atoms with van der Waals surface area (Å²) < 4.78 is 5.39. The maximum absolute atomic E-state index is 12.3. The van der Waals surface area contributed by atoms with Crippen molar-refractivity contribution in [3.8, 4) is 0 Å². The molecule has 0 spiro atoms. The number of nitrogens with zero attached hydrogens (tertiary/aromatic N) is 2. The van der Waals surface area contributed by atoms with Gasteiger partial charge in [-0.3, -0.25) is 14.7 Å². The first-order chi connectivity index (χ1) is 12.2. The van der Waals surface area contributed by atoms with Crippen LogP contribution in [0.3, 0.4) is 0 Å². The van der Waals surface area contributed by atoms with Crippen molar-refractivity contribution in [3.63, 3.8) is 0 Å². The number of H-pyrrole nitrogens is 1. The fourth-order valence-corrected chi connectivity index (χ4v) is 2.45. The van der Waals surface area contributed by atoms with Crippen molar-refractivity contribution >= 4 is 17.9 Å². The van der Waals surface area contributed by atoms with Crippen LogP contribution in [0.2, 0.25) is 0 Å². The highest BCUT2D eigenvalue weighted by Gasteiger charge is 2.30. The van der Waals surface area contributed by atoms with Gasteiger partial charge in [0.2, 0.25) is 5.91 Å².